The molecule has 6 aromatic rings. The molecule has 0 aliphatic rings. The molecular formula is C38H49N11O4S. The number of aryl methyl sites for hydroxylation is 3. The molecule has 0 saturated heterocycles. The maximum Gasteiger partial charge on any atom is 0.191 e. The fraction of sp³-hybridized carbons (Fsp3) is 0.263. The minimum Gasteiger partial charge on any atom is -0.399 e. The molecule has 286 valence electrons. The van der Waals surface area contributed by atoms with E-state index in [-0.39, 0.29) is 0 Å². The van der Waals surface area contributed by atoms with E-state index in [1.807, 2.05) is 85.2 Å². The van der Waals surface area contributed by atoms with Crippen LogP contribution >= 0.6 is 11.8 Å². The molecule has 0 aliphatic heterocycles. The van der Waals surface area contributed by atoms with Crippen molar-refractivity contribution in [2.45, 2.75) is 59.9 Å². The SMILES string of the molecule is CS/C(CCc1ccnc2[nH]ccc12)=N\[N+](=O)[O-].NCc1cccc(N)c1.Nc1cccc(CC/C(CCc2ccnc3[nH]ccc23)=N\[N+](=O)[O-])c1.[2H]C.[2H]C. The lowest BCUT2D eigenvalue weighted by molar-refractivity contribution is -0.485. The summed E-state index contributed by atoms with van der Waals surface area (Å²) < 4.78 is 11.5. The Labute approximate surface area is 321 Å². The summed E-state index contributed by atoms with van der Waals surface area (Å²) in [6, 6.07) is 22.9. The molecule has 15 nitrogen and oxygen atoms in total. The van der Waals surface area contributed by atoms with E-state index >= 15 is 0 Å². The van der Waals surface area contributed by atoms with Crippen molar-refractivity contribution in [3.8, 4) is 0 Å². The van der Waals surface area contributed by atoms with Crippen molar-refractivity contribution in [2.24, 2.45) is 15.9 Å². The second-order valence-corrected chi connectivity index (χ2v) is 12.3. The average Bonchev–Trinajstić information content (AvgIpc) is 3.90. The summed E-state index contributed by atoms with van der Waals surface area (Å²) in [7, 11) is 2.50. The number of nitro groups is 2. The highest BCUT2D eigenvalue weighted by Gasteiger charge is 2.10. The van der Waals surface area contributed by atoms with Crippen molar-refractivity contribution in [1.29, 1.82) is 0 Å². The number of nitrogens with one attached hydrogen (secondary N) is 2. The van der Waals surface area contributed by atoms with Crippen LogP contribution in [0.2, 0.25) is 0 Å². The van der Waals surface area contributed by atoms with Crippen molar-refractivity contribution >= 4 is 56.0 Å². The molecule has 6 rings (SSSR count). The molecular weight excluding hydrogens is 707 g/mol. The van der Waals surface area contributed by atoms with Crippen molar-refractivity contribution in [2.75, 3.05) is 17.7 Å². The van der Waals surface area contributed by atoms with Gasteiger partial charge < -0.3 is 27.2 Å². The first kappa shape index (κ1) is 40.6. The summed E-state index contributed by atoms with van der Waals surface area (Å²) in [4.78, 5) is 35.7. The fourth-order valence-electron chi connectivity index (χ4n) is 5.37. The van der Waals surface area contributed by atoms with E-state index in [2.05, 4.69) is 30.1 Å². The second kappa shape index (κ2) is 22.7. The van der Waals surface area contributed by atoms with Gasteiger partial charge in [-0.15, -0.1) is 11.8 Å². The molecule has 0 bridgehead atoms. The van der Waals surface area contributed by atoms with E-state index < -0.39 is 10.1 Å². The number of aromatic amines is 2. The number of fused-ring (bicyclic) bond motifs is 2. The molecule has 0 amide bonds. The van der Waals surface area contributed by atoms with Gasteiger partial charge in [0.05, 0.1) is 15.9 Å². The van der Waals surface area contributed by atoms with E-state index in [0.29, 0.717) is 61.5 Å². The number of hydrogen-bond donors (Lipinski definition) is 5. The molecule has 0 radical (unpaired) electrons. The van der Waals surface area contributed by atoms with Crippen LogP contribution in [0.5, 0.6) is 0 Å². The fourth-order valence-corrected chi connectivity index (χ4v) is 5.83. The van der Waals surface area contributed by atoms with Crippen LogP contribution in [0.15, 0.2) is 108 Å². The first-order chi connectivity index (χ1) is 27.1. The quantitative estimate of drug-likeness (QED) is 0.0266. The van der Waals surface area contributed by atoms with E-state index in [1.165, 1.54) is 26.6 Å². The lowest BCUT2D eigenvalue weighted by Gasteiger charge is -2.06. The molecule has 4 aromatic heterocycles. The summed E-state index contributed by atoms with van der Waals surface area (Å²) in [6.07, 6.45) is 12.6. The third kappa shape index (κ3) is 14.1. The van der Waals surface area contributed by atoms with Crippen molar-refractivity contribution in [3.05, 3.63) is 140 Å². The van der Waals surface area contributed by atoms with E-state index in [1.54, 1.807) is 18.6 Å². The average molecular weight is 758 g/mol. The van der Waals surface area contributed by atoms with Crippen LogP contribution in [-0.2, 0) is 25.8 Å². The Kier molecular flexibility index (Phi) is 17.1. The number of thioether (sulfide) groups is 1. The van der Waals surface area contributed by atoms with E-state index in [0.717, 1.165) is 50.0 Å². The van der Waals surface area contributed by atoms with E-state index in [9.17, 15) is 20.2 Å². The van der Waals surface area contributed by atoms with Gasteiger partial charge in [0.15, 0.2) is 10.1 Å². The number of pyridine rings is 2. The van der Waals surface area contributed by atoms with Gasteiger partial charge in [0.2, 0.25) is 0 Å². The van der Waals surface area contributed by atoms with Gasteiger partial charge in [-0.3, -0.25) is 0 Å². The first-order valence-corrected chi connectivity index (χ1v) is 17.5. The number of aromatic nitrogens is 4. The predicted octanol–water partition coefficient (Wildman–Crippen LogP) is 7.79. The van der Waals surface area contributed by atoms with Crippen LogP contribution in [0.1, 0.15) is 59.1 Å². The molecule has 16 heteroatoms. The Bertz CT molecular complexity index is 2160. The molecule has 0 aliphatic carbocycles. The Morgan fingerprint density at radius 1 is 0.759 bits per heavy atom. The Balaban J connectivity index is 0.000000304. The monoisotopic (exact) mass is 757 g/mol. The summed E-state index contributed by atoms with van der Waals surface area (Å²) in [5, 5.41) is 29.5. The maximum absolute atomic E-state index is 10.8. The zero-order valence-corrected chi connectivity index (χ0v) is 31.5. The minimum atomic E-state index is -0.649. The van der Waals surface area contributed by atoms with Crippen LogP contribution in [0, 0.1) is 20.2 Å². The van der Waals surface area contributed by atoms with Gasteiger partial charge in [0.1, 0.15) is 16.3 Å². The zero-order valence-electron chi connectivity index (χ0n) is 32.6. The van der Waals surface area contributed by atoms with Crippen LogP contribution in [0.3, 0.4) is 0 Å². The van der Waals surface area contributed by atoms with Gasteiger partial charge in [-0.2, -0.15) is 0 Å². The zero-order chi connectivity index (χ0) is 41.3. The minimum absolute atomic E-state index is 0.528. The summed E-state index contributed by atoms with van der Waals surface area (Å²) in [5.74, 6) is 0. The number of nitrogens with zero attached hydrogens (tertiary/aromatic N) is 6. The number of hydrazone groups is 2. The molecule has 2 aromatic carbocycles. The lowest BCUT2D eigenvalue weighted by atomic mass is 10.0. The molecule has 0 saturated carbocycles. The molecule has 0 atom stereocenters. The topological polar surface area (TPSA) is 246 Å². The summed E-state index contributed by atoms with van der Waals surface area (Å²) >= 11 is 1.31. The number of nitrogens with two attached hydrogens (primary N) is 3. The van der Waals surface area contributed by atoms with Crippen LogP contribution in [0.25, 0.3) is 22.1 Å². The van der Waals surface area contributed by atoms with Gasteiger partial charge in [-0.25, -0.2) is 30.2 Å². The Morgan fingerprint density at radius 2 is 1.26 bits per heavy atom. The normalized spacial score (nSPS) is 11.3. The van der Waals surface area contributed by atoms with Gasteiger partial charge in [0, 0.05) is 62.6 Å². The largest absolute Gasteiger partial charge is 0.399 e. The third-order valence-electron chi connectivity index (χ3n) is 7.88. The van der Waals surface area contributed by atoms with Gasteiger partial charge >= 0.3 is 0 Å². The highest BCUT2D eigenvalue weighted by atomic mass is 32.2. The van der Waals surface area contributed by atoms with Crippen LogP contribution < -0.4 is 17.2 Å². The standard InChI is InChI=1S/C18H19N5O2.C11H12N4O2S.C7H10N2.2CH4/c19-15-3-1-2-13(12-15)4-6-16(22-23(24)25)7-5-14-8-10-20-18-17(14)9-11-21-18;1-18-10(14-15(16)17)3-2-8-4-6-12-11-9(8)5-7-13-11;8-5-6-2-1-3-7(9)4-6;;/h1-3,8-12H,4-7,19H2,(H,20,21);4-7H,2-3H2,1H3,(H,12,13);1-4H,5,8-9H2;2*1H4/b22-16+;14-10-;;;/i;;;2*1D. The smallest absolute Gasteiger partial charge is 0.191 e. The van der Waals surface area contributed by atoms with Crippen LogP contribution in [-0.4, -0.2) is 47.0 Å². The van der Waals surface area contributed by atoms with Crippen LogP contribution in [0.4, 0.5) is 11.4 Å². The number of nitrogen functional groups attached to an aromatic ring is 2. The molecule has 4 heterocycles. The maximum atomic E-state index is 10.8. The number of rotatable bonds is 12. The Morgan fingerprint density at radius 3 is 1.74 bits per heavy atom. The highest BCUT2D eigenvalue weighted by molar-refractivity contribution is 8.13. The van der Waals surface area contributed by atoms with Crippen molar-refractivity contribution in [3.63, 3.8) is 0 Å². The lowest BCUT2D eigenvalue weighted by Crippen LogP contribution is -2.06. The molecule has 0 spiro atoms. The molecule has 8 N–H and O–H groups in total. The molecule has 0 fully saturated rings. The van der Waals surface area contributed by atoms with Gasteiger partial charge in [-0.1, -0.05) is 39.1 Å². The number of benzene rings is 2. The van der Waals surface area contributed by atoms with Gasteiger partial charge in [-0.05, 0) is 109 Å². The third-order valence-corrected chi connectivity index (χ3v) is 8.64. The molecule has 54 heavy (non-hydrogen) atoms. The summed E-state index contributed by atoms with van der Waals surface area (Å²) in [6.45, 7) is 0.561. The van der Waals surface area contributed by atoms with Crippen molar-refractivity contribution < 1.29 is 12.8 Å². The van der Waals surface area contributed by atoms with Crippen molar-refractivity contribution in [1.82, 2.24) is 19.9 Å². The number of anilines is 2. The molecule has 0 unspecified atom stereocenters. The summed E-state index contributed by atoms with van der Waals surface area (Å²) in [5.41, 5.74) is 24.7. The first-order valence-electron chi connectivity index (χ1n) is 18.3. The highest BCUT2D eigenvalue weighted by Crippen LogP contribution is 2.19. The second-order valence-electron chi connectivity index (χ2n) is 11.5. The number of H-pyrrole nitrogens is 2. The van der Waals surface area contributed by atoms with E-state index in [4.69, 9.17) is 19.9 Å². The predicted molar refractivity (Wildman–Crippen MR) is 223 cm³/mol. The number of hydrogen-bond acceptors (Lipinski definition) is 10. The van der Waals surface area contributed by atoms with Gasteiger partial charge in [0.25, 0.3) is 0 Å². The Hall–Kier alpha value is -6.13.